The minimum atomic E-state index is -0.919. The molecule has 0 bridgehead atoms. The van der Waals surface area contributed by atoms with Gasteiger partial charge >= 0.3 is 5.97 Å². The molecule has 2 N–H and O–H groups in total. The van der Waals surface area contributed by atoms with E-state index in [0.717, 1.165) is 12.0 Å². The number of carboxylic acids is 1. The van der Waals surface area contributed by atoms with Crippen LogP contribution in [0.4, 0.5) is 5.69 Å². The Labute approximate surface area is 146 Å². The van der Waals surface area contributed by atoms with Crippen molar-refractivity contribution < 1.29 is 14.7 Å². The summed E-state index contributed by atoms with van der Waals surface area (Å²) in [5.74, 6) is -2.34. The fourth-order valence-electron chi connectivity index (χ4n) is 3.05. The van der Waals surface area contributed by atoms with Crippen LogP contribution in [0.1, 0.15) is 24.0 Å². The number of nitrogens with zero attached hydrogens (tertiary/aromatic N) is 1. The zero-order valence-electron chi connectivity index (χ0n) is 13.8. The van der Waals surface area contributed by atoms with Gasteiger partial charge in [0.25, 0.3) is 0 Å². The van der Waals surface area contributed by atoms with Gasteiger partial charge in [0.2, 0.25) is 5.91 Å². The molecule has 0 fully saturated rings. The maximum absolute atomic E-state index is 12.4. The third-order valence-electron chi connectivity index (χ3n) is 4.47. The monoisotopic (exact) mass is 336 g/mol. The number of nitrogens with one attached hydrogen (secondary N) is 1. The van der Waals surface area contributed by atoms with Crippen molar-refractivity contribution in [2.75, 3.05) is 5.32 Å². The first-order valence-corrected chi connectivity index (χ1v) is 8.30. The van der Waals surface area contributed by atoms with Gasteiger partial charge in [0.1, 0.15) is 0 Å². The fraction of sp³-hybridized carbons (Fsp3) is 0.250. The van der Waals surface area contributed by atoms with E-state index >= 15 is 0 Å². The van der Waals surface area contributed by atoms with E-state index in [4.69, 9.17) is 0 Å². The Morgan fingerprint density at radius 3 is 2.20 bits per heavy atom. The topological polar surface area (TPSA) is 79.3 Å². The van der Waals surface area contributed by atoms with Gasteiger partial charge in [0, 0.05) is 18.1 Å². The third kappa shape index (κ3) is 4.32. The van der Waals surface area contributed by atoms with Crippen LogP contribution in [0.2, 0.25) is 0 Å². The lowest BCUT2D eigenvalue weighted by Gasteiger charge is -2.24. The van der Waals surface area contributed by atoms with Crippen LogP contribution in [0.3, 0.4) is 0 Å². The molecule has 5 nitrogen and oxygen atoms in total. The van der Waals surface area contributed by atoms with Gasteiger partial charge in [0.15, 0.2) is 0 Å². The summed E-state index contributed by atoms with van der Waals surface area (Å²) in [4.78, 5) is 27.8. The number of anilines is 1. The number of aliphatic carboxylic acids is 1. The summed E-state index contributed by atoms with van der Waals surface area (Å²) >= 11 is 0. The van der Waals surface area contributed by atoms with E-state index < -0.39 is 17.8 Å². The van der Waals surface area contributed by atoms with E-state index in [2.05, 4.69) is 10.3 Å². The van der Waals surface area contributed by atoms with Crippen molar-refractivity contribution >= 4 is 17.6 Å². The van der Waals surface area contributed by atoms with Gasteiger partial charge in [-0.25, -0.2) is 0 Å². The molecule has 1 aliphatic rings. The van der Waals surface area contributed by atoms with E-state index in [1.54, 1.807) is 12.4 Å². The van der Waals surface area contributed by atoms with Crippen molar-refractivity contribution in [1.29, 1.82) is 0 Å². The van der Waals surface area contributed by atoms with Crippen molar-refractivity contribution in [2.45, 2.75) is 19.3 Å². The molecule has 0 spiro atoms. The average molecular weight is 336 g/mol. The Balaban J connectivity index is 1.63. The van der Waals surface area contributed by atoms with Crippen LogP contribution in [-0.2, 0) is 16.0 Å². The number of hydrogen-bond acceptors (Lipinski definition) is 3. The molecule has 1 aliphatic carbocycles. The molecule has 0 aliphatic heterocycles. The molecule has 1 amide bonds. The van der Waals surface area contributed by atoms with Crippen LogP contribution in [0.25, 0.3) is 0 Å². The first-order valence-electron chi connectivity index (χ1n) is 8.30. The lowest BCUT2D eigenvalue weighted by molar-refractivity contribution is -0.146. The van der Waals surface area contributed by atoms with Crippen molar-refractivity contribution in [3.8, 4) is 0 Å². The second-order valence-electron chi connectivity index (χ2n) is 6.21. The fourth-order valence-corrected chi connectivity index (χ4v) is 3.05. The number of amides is 1. The van der Waals surface area contributed by atoms with Crippen molar-refractivity contribution in [1.82, 2.24) is 4.98 Å². The lowest BCUT2D eigenvalue weighted by atomic mass is 9.82. The number of pyridine rings is 1. The van der Waals surface area contributed by atoms with Gasteiger partial charge in [-0.3, -0.25) is 14.6 Å². The molecule has 3 rings (SSSR count). The number of benzene rings is 1. The third-order valence-corrected chi connectivity index (χ3v) is 4.47. The number of carboxylic acid groups (broad SMARTS) is 1. The van der Waals surface area contributed by atoms with Gasteiger partial charge in [-0.05, 0) is 54.7 Å². The quantitative estimate of drug-likeness (QED) is 0.821. The number of carbonyl (C=O) groups is 2. The van der Waals surface area contributed by atoms with Crippen molar-refractivity contribution in [2.24, 2.45) is 11.8 Å². The van der Waals surface area contributed by atoms with Crippen LogP contribution in [0.15, 0.2) is 60.9 Å². The molecular weight excluding hydrogens is 316 g/mol. The molecule has 2 atom stereocenters. The molecule has 0 unspecified atom stereocenters. The molecule has 1 aromatic heterocycles. The normalized spacial score (nSPS) is 19.4. The first-order chi connectivity index (χ1) is 12.1. The number of allylic oxidation sites excluding steroid dienone is 2. The molecular formula is C20H20N2O3. The van der Waals surface area contributed by atoms with Gasteiger partial charge in [0.05, 0.1) is 11.8 Å². The molecule has 0 saturated carbocycles. The second-order valence-corrected chi connectivity index (χ2v) is 6.21. The van der Waals surface area contributed by atoms with E-state index in [9.17, 15) is 14.7 Å². The van der Waals surface area contributed by atoms with Crippen LogP contribution in [-0.4, -0.2) is 22.0 Å². The van der Waals surface area contributed by atoms with Crippen LogP contribution >= 0.6 is 0 Å². The van der Waals surface area contributed by atoms with Crippen molar-refractivity contribution in [3.05, 3.63) is 72.1 Å². The predicted octanol–water partition coefficient (Wildman–Crippen LogP) is 3.28. The minimum absolute atomic E-state index is 0.237. The minimum Gasteiger partial charge on any atom is -0.481 e. The molecule has 0 saturated heterocycles. The Morgan fingerprint density at radius 2 is 1.56 bits per heavy atom. The van der Waals surface area contributed by atoms with Crippen molar-refractivity contribution in [3.63, 3.8) is 0 Å². The molecule has 0 radical (unpaired) electrons. The highest BCUT2D eigenvalue weighted by Gasteiger charge is 2.33. The Bertz CT molecular complexity index is 769. The standard InChI is InChI=1S/C20H20N2O3/c23-19(17-3-1-2-4-18(17)20(24)25)22-16-7-5-14(6-8-16)13-15-9-11-21-12-10-15/h1-2,5-12,17-18H,3-4,13H2,(H,22,23)(H,24,25)/t17-,18+/m1/s1. The number of aromatic nitrogens is 1. The number of carbonyl (C=O) groups excluding carboxylic acids is 1. The van der Waals surface area contributed by atoms with E-state index in [-0.39, 0.29) is 5.91 Å². The first kappa shape index (κ1) is 16.9. The van der Waals surface area contributed by atoms with E-state index in [1.807, 2.05) is 48.6 Å². The van der Waals surface area contributed by atoms with Gasteiger partial charge in [-0.1, -0.05) is 24.3 Å². The Morgan fingerprint density at radius 1 is 0.960 bits per heavy atom. The summed E-state index contributed by atoms with van der Waals surface area (Å²) in [5, 5.41) is 12.1. The summed E-state index contributed by atoms with van der Waals surface area (Å²) in [6, 6.07) is 11.6. The Kier molecular flexibility index (Phi) is 5.23. The zero-order chi connectivity index (χ0) is 17.6. The maximum Gasteiger partial charge on any atom is 0.307 e. The van der Waals surface area contributed by atoms with Gasteiger partial charge in [-0.2, -0.15) is 0 Å². The second kappa shape index (κ2) is 7.75. The molecule has 25 heavy (non-hydrogen) atoms. The van der Waals surface area contributed by atoms with Crippen LogP contribution < -0.4 is 5.32 Å². The highest BCUT2D eigenvalue weighted by Crippen LogP contribution is 2.27. The summed E-state index contributed by atoms with van der Waals surface area (Å²) in [6.07, 6.45) is 8.90. The highest BCUT2D eigenvalue weighted by atomic mass is 16.4. The molecule has 1 heterocycles. The summed E-state index contributed by atoms with van der Waals surface area (Å²) < 4.78 is 0. The van der Waals surface area contributed by atoms with Crippen LogP contribution in [0.5, 0.6) is 0 Å². The largest absolute Gasteiger partial charge is 0.481 e. The molecule has 2 aromatic rings. The van der Waals surface area contributed by atoms with Gasteiger partial charge < -0.3 is 10.4 Å². The molecule has 128 valence electrons. The average Bonchev–Trinajstić information content (AvgIpc) is 2.64. The maximum atomic E-state index is 12.4. The summed E-state index contributed by atoms with van der Waals surface area (Å²) in [5.41, 5.74) is 2.99. The zero-order valence-corrected chi connectivity index (χ0v) is 13.8. The summed E-state index contributed by atoms with van der Waals surface area (Å²) in [7, 11) is 0. The lowest BCUT2D eigenvalue weighted by Crippen LogP contribution is -2.34. The number of rotatable bonds is 5. The SMILES string of the molecule is O=C(O)[C@H]1CC=CC[C@H]1C(=O)Nc1ccc(Cc2ccncc2)cc1. The number of hydrogen-bond donors (Lipinski definition) is 2. The van der Waals surface area contributed by atoms with E-state index in [0.29, 0.717) is 18.5 Å². The summed E-state index contributed by atoms with van der Waals surface area (Å²) in [6.45, 7) is 0. The van der Waals surface area contributed by atoms with E-state index in [1.165, 1.54) is 5.56 Å². The Hall–Kier alpha value is -2.95. The molecule has 1 aromatic carbocycles. The van der Waals surface area contributed by atoms with Crippen LogP contribution in [0, 0.1) is 11.8 Å². The predicted molar refractivity (Wildman–Crippen MR) is 95.1 cm³/mol. The highest BCUT2D eigenvalue weighted by molar-refractivity contribution is 5.95. The van der Waals surface area contributed by atoms with Gasteiger partial charge in [-0.15, -0.1) is 0 Å². The smallest absolute Gasteiger partial charge is 0.307 e. The molecule has 5 heteroatoms.